The van der Waals surface area contributed by atoms with Crippen molar-refractivity contribution in [3.05, 3.63) is 65.7 Å². The third-order valence-corrected chi connectivity index (χ3v) is 4.45. The van der Waals surface area contributed by atoms with Crippen LogP contribution in [0, 0.1) is 0 Å². The summed E-state index contributed by atoms with van der Waals surface area (Å²) < 4.78 is 0. The second kappa shape index (κ2) is 8.23. The molecule has 0 fully saturated rings. The van der Waals surface area contributed by atoms with Gasteiger partial charge in [-0.15, -0.1) is 11.8 Å². The van der Waals surface area contributed by atoms with Gasteiger partial charge in [0.25, 0.3) is 0 Å². The van der Waals surface area contributed by atoms with Gasteiger partial charge in [-0.05, 0) is 43.8 Å². The van der Waals surface area contributed by atoms with Crippen LogP contribution in [-0.4, -0.2) is 30.6 Å². The largest absolute Gasteiger partial charge is 0.388 e. The van der Waals surface area contributed by atoms with Crippen LogP contribution in [0.3, 0.4) is 0 Å². The third kappa shape index (κ3) is 5.54. The first-order valence-corrected chi connectivity index (χ1v) is 8.23. The summed E-state index contributed by atoms with van der Waals surface area (Å²) in [5.41, 5.74) is 2.33. The number of thioether (sulfide) groups is 1. The first-order chi connectivity index (χ1) is 10.1. The molecule has 0 amide bonds. The highest BCUT2D eigenvalue weighted by Crippen LogP contribution is 2.25. The van der Waals surface area contributed by atoms with Crippen LogP contribution in [0.1, 0.15) is 23.7 Å². The Hall–Kier alpha value is -1.29. The maximum atomic E-state index is 10.1. The molecule has 3 heteroatoms. The van der Waals surface area contributed by atoms with E-state index < -0.39 is 0 Å². The van der Waals surface area contributed by atoms with Gasteiger partial charge in [-0.3, -0.25) is 0 Å². The van der Waals surface area contributed by atoms with E-state index in [-0.39, 0.29) is 6.10 Å². The van der Waals surface area contributed by atoms with Crippen LogP contribution >= 0.6 is 11.8 Å². The van der Waals surface area contributed by atoms with Crippen LogP contribution < -0.4 is 0 Å². The summed E-state index contributed by atoms with van der Waals surface area (Å²) in [4.78, 5) is 3.33. The van der Waals surface area contributed by atoms with E-state index in [1.54, 1.807) is 0 Å². The molecule has 1 unspecified atom stereocenters. The lowest BCUT2D eigenvalue weighted by Crippen LogP contribution is -2.15. The Morgan fingerprint density at radius 1 is 1.00 bits per heavy atom. The number of hydrogen-bond donors (Lipinski definition) is 1. The van der Waals surface area contributed by atoms with Crippen molar-refractivity contribution in [3.63, 3.8) is 0 Å². The molecule has 0 aliphatic heterocycles. The topological polar surface area (TPSA) is 23.5 Å². The van der Waals surface area contributed by atoms with Gasteiger partial charge in [-0.25, -0.2) is 0 Å². The minimum absolute atomic E-state index is 0.374. The van der Waals surface area contributed by atoms with Crippen molar-refractivity contribution in [1.29, 1.82) is 0 Å². The molecule has 2 nitrogen and oxygen atoms in total. The molecule has 0 bridgehead atoms. The van der Waals surface area contributed by atoms with Gasteiger partial charge in [0.1, 0.15) is 0 Å². The molecule has 0 heterocycles. The number of nitrogens with zero attached hydrogens (tertiary/aromatic N) is 1. The van der Waals surface area contributed by atoms with Crippen LogP contribution in [0.15, 0.2) is 59.5 Å². The minimum atomic E-state index is -0.374. The summed E-state index contributed by atoms with van der Waals surface area (Å²) >= 11 is 1.82. The number of aliphatic hydroxyl groups is 1. The monoisotopic (exact) mass is 301 g/mol. The Morgan fingerprint density at radius 2 is 1.67 bits per heavy atom. The van der Waals surface area contributed by atoms with Crippen LogP contribution in [0.4, 0.5) is 0 Å². The van der Waals surface area contributed by atoms with Crippen molar-refractivity contribution >= 4 is 11.8 Å². The SMILES string of the molecule is CN(C)CCC(O)c1ccc(SCc2ccccc2)cc1. The average Bonchev–Trinajstić information content (AvgIpc) is 2.52. The van der Waals surface area contributed by atoms with E-state index in [1.807, 2.05) is 44.1 Å². The lowest BCUT2D eigenvalue weighted by molar-refractivity contribution is 0.154. The maximum Gasteiger partial charge on any atom is 0.0802 e. The van der Waals surface area contributed by atoms with E-state index in [9.17, 15) is 5.11 Å². The third-order valence-electron chi connectivity index (χ3n) is 3.36. The molecular weight excluding hydrogens is 278 g/mol. The highest BCUT2D eigenvalue weighted by Gasteiger charge is 2.07. The van der Waals surface area contributed by atoms with Crippen molar-refractivity contribution in [2.75, 3.05) is 20.6 Å². The van der Waals surface area contributed by atoms with E-state index in [1.165, 1.54) is 10.5 Å². The maximum absolute atomic E-state index is 10.1. The molecule has 2 rings (SSSR count). The normalized spacial score (nSPS) is 12.6. The van der Waals surface area contributed by atoms with Crippen molar-refractivity contribution in [2.24, 2.45) is 0 Å². The minimum Gasteiger partial charge on any atom is -0.388 e. The fourth-order valence-corrected chi connectivity index (χ4v) is 2.93. The van der Waals surface area contributed by atoms with Crippen molar-refractivity contribution < 1.29 is 5.11 Å². The lowest BCUT2D eigenvalue weighted by atomic mass is 10.1. The second-order valence-corrected chi connectivity index (χ2v) is 6.50. The molecule has 0 saturated heterocycles. The molecule has 0 aromatic heterocycles. The van der Waals surface area contributed by atoms with Gasteiger partial charge in [0.05, 0.1) is 6.10 Å². The molecule has 0 aliphatic carbocycles. The molecule has 112 valence electrons. The van der Waals surface area contributed by atoms with Crippen LogP contribution in [0.2, 0.25) is 0 Å². The van der Waals surface area contributed by atoms with Gasteiger partial charge in [0.15, 0.2) is 0 Å². The molecule has 2 aromatic rings. The van der Waals surface area contributed by atoms with Gasteiger partial charge in [0, 0.05) is 17.2 Å². The van der Waals surface area contributed by atoms with Crippen molar-refractivity contribution in [3.8, 4) is 0 Å². The first kappa shape index (κ1) is 16.1. The van der Waals surface area contributed by atoms with Crippen molar-refractivity contribution in [1.82, 2.24) is 4.90 Å². The van der Waals surface area contributed by atoms with Crippen LogP contribution in [-0.2, 0) is 5.75 Å². The summed E-state index contributed by atoms with van der Waals surface area (Å²) in [6.45, 7) is 0.895. The average molecular weight is 301 g/mol. The number of hydrogen-bond acceptors (Lipinski definition) is 3. The molecule has 1 N–H and O–H groups in total. The highest BCUT2D eigenvalue weighted by molar-refractivity contribution is 7.98. The predicted molar refractivity (Wildman–Crippen MR) is 90.6 cm³/mol. The van der Waals surface area contributed by atoms with E-state index in [0.29, 0.717) is 0 Å². The Kier molecular flexibility index (Phi) is 6.30. The summed E-state index contributed by atoms with van der Waals surface area (Å²) in [7, 11) is 4.05. The van der Waals surface area contributed by atoms with Gasteiger partial charge < -0.3 is 10.0 Å². The molecule has 0 aliphatic rings. The summed E-state index contributed by atoms with van der Waals surface area (Å²) in [5, 5.41) is 10.1. The van der Waals surface area contributed by atoms with Crippen LogP contribution in [0.25, 0.3) is 0 Å². The smallest absolute Gasteiger partial charge is 0.0802 e. The number of benzene rings is 2. The fraction of sp³-hybridized carbons (Fsp3) is 0.333. The van der Waals surface area contributed by atoms with Crippen molar-refractivity contribution in [2.45, 2.75) is 23.2 Å². The zero-order valence-electron chi connectivity index (χ0n) is 12.7. The van der Waals surface area contributed by atoms with E-state index >= 15 is 0 Å². The summed E-state index contributed by atoms with van der Waals surface area (Å²) in [6.07, 6.45) is 0.393. The Bertz CT molecular complexity index is 525. The van der Waals surface area contributed by atoms with Gasteiger partial charge in [-0.1, -0.05) is 42.5 Å². The molecule has 21 heavy (non-hydrogen) atoms. The molecule has 2 aromatic carbocycles. The Morgan fingerprint density at radius 3 is 2.29 bits per heavy atom. The van der Waals surface area contributed by atoms with E-state index in [2.05, 4.69) is 41.3 Å². The molecular formula is C18H23NOS. The van der Waals surface area contributed by atoms with E-state index in [0.717, 1.165) is 24.3 Å². The predicted octanol–water partition coefficient (Wildman–Crippen LogP) is 3.96. The van der Waals surface area contributed by atoms with E-state index in [4.69, 9.17) is 0 Å². The second-order valence-electron chi connectivity index (χ2n) is 5.45. The molecule has 0 spiro atoms. The molecule has 0 radical (unpaired) electrons. The Balaban J connectivity index is 1.87. The zero-order valence-corrected chi connectivity index (χ0v) is 13.5. The summed E-state index contributed by atoms with van der Waals surface area (Å²) in [5.74, 6) is 0.976. The highest BCUT2D eigenvalue weighted by atomic mass is 32.2. The van der Waals surface area contributed by atoms with Gasteiger partial charge in [0.2, 0.25) is 0 Å². The lowest BCUT2D eigenvalue weighted by Gasteiger charge is -2.15. The zero-order chi connectivity index (χ0) is 15.1. The number of rotatable bonds is 7. The first-order valence-electron chi connectivity index (χ1n) is 7.24. The van der Waals surface area contributed by atoms with Gasteiger partial charge >= 0.3 is 0 Å². The Labute approximate surface area is 131 Å². The summed E-state index contributed by atoms with van der Waals surface area (Å²) in [6, 6.07) is 18.7. The molecule has 1 atom stereocenters. The van der Waals surface area contributed by atoms with Gasteiger partial charge in [-0.2, -0.15) is 0 Å². The quantitative estimate of drug-likeness (QED) is 0.783. The fourth-order valence-electron chi connectivity index (χ4n) is 2.07. The van der Waals surface area contributed by atoms with Crippen LogP contribution in [0.5, 0.6) is 0 Å². The molecule has 0 saturated carbocycles. The standard InChI is InChI=1S/C18H23NOS/c1-19(2)13-12-18(20)16-8-10-17(11-9-16)21-14-15-6-4-3-5-7-15/h3-11,18,20H,12-14H2,1-2H3. The number of aliphatic hydroxyl groups excluding tert-OH is 1.